The number of rotatable bonds is 5. The predicted octanol–water partition coefficient (Wildman–Crippen LogP) is 3.38. The van der Waals surface area contributed by atoms with Crippen LogP contribution in [0.5, 0.6) is 0 Å². The summed E-state index contributed by atoms with van der Waals surface area (Å²) in [5.41, 5.74) is 3.49. The van der Waals surface area contributed by atoms with Gasteiger partial charge in [-0.1, -0.05) is 24.3 Å². The van der Waals surface area contributed by atoms with E-state index in [4.69, 9.17) is 0 Å². The summed E-state index contributed by atoms with van der Waals surface area (Å²) < 4.78 is 14.0. The normalized spacial score (nSPS) is 11.3. The molecule has 0 unspecified atom stereocenters. The number of fused-ring (bicyclic) bond motifs is 1. The Hall–Kier alpha value is -2.40. The maximum atomic E-state index is 14.0. The van der Waals surface area contributed by atoms with Crippen molar-refractivity contribution in [2.45, 2.75) is 13.1 Å². The van der Waals surface area contributed by atoms with Crippen LogP contribution in [0.3, 0.4) is 0 Å². The minimum atomic E-state index is -0.169. The largest absolute Gasteiger partial charge is 0.352 e. The van der Waals surface area contributed by atoms with Crippen molar-refractivity contribution in [2.24, 2.45) is 0 Å². The fraction of sp³-hybridized carbons (Fsp3) is 0.235. The lowest BCUT2D eigenvalue weighted by Gasteiger charge is -2.11. The van der Waals surface area contributed by atoms with Crippen LogP contribution in [0, 0.1) is 5.82 Å². The third-order valence-electron chi connectivity index (χ3n) is 3.45. The maximum absolute atomic E-state index is 14.0. The molecule has 0 atom stereocenters. The second kappa shape index (κ2) is 6.15. The third-order valence-corrected chi connectivity index (χ3v) is 3.45. The summed E-state index contributed by atoms with van der Waals surface area (Å²) in [5, 5.41) is 3.19. The van der Waals surface area contributed by atoms with Gasteiger partial charge in [0.2, 0.25) is 5.95 Å². The molecule has 3 rings (SSSR count). The van der Waals surface area contributed by atoms with E-state index < -0.39 is 0 Å². The summed E-state index contributed by atoms with van der Waals surface area (Å²) in [5.74, 6) is 0.525. The molecule has 0 spiro atoms. The molecule has 0 aliphatic rings. The van der Waals surface area contributed by atoms with E-state index in [2.05, 4.69) is 15.3 Å². The third kappa shape index (κ3) is 3.26. The first-order chi connectivity index (χ1) is 10.6. The number of nitrogens with one attached hydrogen (secondary N) is 2. The van der Waals surface area contributed by atoms with Crippen molar-refractivity contribution >= 4 is 17.0 Å². The minimum absolute atomic E-state index is 0.169. The number of hydrogen-bond donors (Lipinski definition) is 2. The Morgan fingerprint density at radius 1 is 1.18 bits per heavy atom. The molecule has 0 radical (unpaired) electrons. The summed E-state index contributed by atoms with van der Waals surface area (Å²) in [6.07, 6.45) is 0. The topological polar surface area (TPSA) is 44.0 Å². The molecule has 114 valence electrons. The first-order valence-electron chi connectivity index (χ1n) is 7.22. The van der Waals surface area contributed by atoms with Crippen LogP contribution in [0.25, 0.3) is 11.0 Å². The number of hydrogen-bond acceptors (Lipinski definition) is 3. The Kier molecular flexibility index (Phi) is 4.06. The number of halogens is 1. The number of H-pyrrole nitrogens is 1. The summed E-state index contributed by atoms with van der Waals surface area (Å²) in [4.78, 5) is 9.58. The van der Waals surface area contributed by atoms with Crippen molar-refractivity contribution in [1.82, 2.24) is 14.9 Å². The molecule has 4 nitrogen and oxygen atoms in total. The molecule has 5 heteroatoms. The molecule has 0 saturated heterocycles. The Labute approximate surface area is 129 Å². The number of nitrogens with zero attached hydrogens (tertiary/aromatic N) is 2. The molecule has 0 amide bonds. The predicted molar refractivity (Wildman–Crippen MR) is 87.2 cm³/mol. The average Bonchev–Trinajstić information content (AvgIpc) is 2.90. The van der Waals surface area contributed by atoms with E-state index in [1.54, 1.807) is 6.07 Å². The zero-order valence-corrected chi connectivity index (χ0v) is 12.7. The van der Waals surface area contributed by atoms with Gasteiger partial charge in [-0.2, -0.15) is 0 Å². The first kappa shape index (κ1) is 14.5. The van der Waals surface area contributed by atoms with Crippen molar-refractivity contribution in [3.8, 4) is 0 Å². The molecule has 0 fully saturated rings. The number of aromatic nitrogens is 2. The van der Waals surface area contributed by atoms with Gasteiger partial charge >= 0.3 is 0 Å². The van der Waals surface area contributed by atoms with Gasteiger partial charge in [-0.05, 0) is 37.9 Å². The Morgan fingerprint density at radius 3 is 2.73 bits per heavy atom. The second-order valence-electron chi connectivity index (χ2n) is 5.62. The van der Waals surface area contributed by atoms with Crippen LogP contribution in [-0.2, 0) is 13.1 Å². The smallest absolute Gasteiger partial charge is 0.201 e. The molecule has 2 aromatic carbocycles. The van der Waals surface area contributed by atoms with E-state index in [1.807, 2.05) is 55.4 Å². The van der Waals surface area contributed by atoms with Crippen LogP contribution in [0.1, 0.15) is 11.1 Å². The van der Waals surface area contributed by atoms with Crippen molar-refractivity contribution in [3.05, 3.63) is 59.4 Å². The first-order valence-corrected chi connectivity index (χ1v) is 7.22. The molecule has 0 aliphatic carbocycles. The molecule has 1 aromatic heterocycles. The number of aromatic amines is 1. The van der Waals surface area contributed by atoms with E-state index in [0.717, 1.165) is 16.6 Å². The van der Waals surface area contributed by atoms with E-state index >= 15 is 0 Å². The van der Waals surface area contributed by atoms with Crippen LogP contribution < -0.4 is 5.32 Å². The van der Waals surface area contributed by atoms with Gasteiger partial charge in [-0.15, -0.1) is 0 Å². The quantitative estimate of drug-likeness (QED) is 0.759. The fourth-order valence-electron chi connectivity index (χ4n) is 2.39. The molecule has 0 aliphatic heterocycles. The zero-order chi connectivity index (χ0) is 15.5. The standard InChI is InChI=1S/C17H19FN4/c1-22(2)11-13-8-7-12(9-14(13)18)10-19-17-20-15-5-3-4-6-16(15)21-17/h3-9H,10-11H2,1-2H3,(H2,19,20,21). The van der Waals surface area contributed by atoms with Crippen LogP contribution in [0.4, 0.5) is 10.3 Å². The molecule has 2 N–H and O–H groups in total. The van der Waals surface area contributed by atoms with Crippen molar-refractivity contribution in [3.63, 3.8) is 0 Å². The molecule has 0 bridgehead atoms. The molecule has 0 saturated carbocycles. The zero-order valence-electron chi connectivity index (χ0n) is 12.7. The highest BCUT2D eigenvalue weighted by Gasteiger charge is 2.06. The van der Waals surface area contributed by atoms with Gasteiger partial charge in [-0.3, -0.25) is 0 Å². The van der Waals surface area contributed by atoms with Gasteiger partial charge in [0.1, 0.15) is 5.82 Å². The van der Waals surface area contributed by atoms with E-state index in [9.17, 15) is 4.39 Å². The lowest BCUT2D eigenvalue weighted by Crippen LogP contribution is -2.12. The Balaban J connectivity index is 1.69. The molecular weight excluding hydrogens is 279 g/mol. The van der Waals surface area contributed by atoms with Gasteiger partial charge in [0, 0.05) is 18.7 Å². The minimum Gasteiger partial charge on any atom is -0.352 e. The Morgan fingerprint density at radius 2 is 2.00 bits per heavy atom. The summed E-state index contributed by atoms with van der Waals surface area (Å²) in [6, 6.07) is 13.2. The molecule has 3 aromatic rings. The van der Waals surface area contributed by atoms with E-state index in [-0.39, 0.29) is 5.82 Å². The lowest BCUT2D eigenvalue weighted by molar-refractivity contribution is 0.392. The van der Waals surface area contributed by atoms with Gasteiger partial charge in [0.05, 0.1) is 11.0 Å². The van der Waals surface area contributed by atoms with Crippen molar-refractivity contribution in [2.75, 3.05) is 19.4 Å². The van der Waals surface area contributed by atoms with E-state index in [0.29, 0.717) is 24.6 Å². The number of benzene rings is 2. The van der Waals surface area contributed by atoms with Crippen molar-refractivity contribution in [1.29, 1.82) is 0 Å². The average molecular weight is 298 g/mol. The number of anilines is 1. The molecule has 22 heavy (non-hydrogen) atoms. The second-order valence-corrected chi connectivity index (χ2v) is 5.62. The summed E-state index contributed by atoms with van der Waals surface area (Å²) in [6.45, 7) is 1.13. The fourth-order valence-corrected chi connectivity index (χ4v) is 2.39. The van der Waals surface area contributed by atoms with Gasteiger partial charge in [-0.25, -0.2) is 9.37 Å². The van der Waals surface area contributed by atoms with Gasteiger partial charge in [0.15, 0.2) is 0 Å². The van der Waals surface area contributed by atoms with Crippen LogP contribution >= 0.6 is 0 Å². The SMILES string of the molecule is CN(C)Cc1ccc(CNc2nc3ccccc3[nH]2)cc1F. The molecular formula is C17H19FN4. The van der Waals surface area contributed by atoms with Crippen LogP contribution in [0.2, 0.25) is 0 Å². The molecule has 1 heterocycles. The number of imidazole rings is 1. The van der Waals surface area contributed by atoms with Crippen LogP contribution in [0.15, 0.2) is 42.5 Å². The van der Waals surface area contributed by atoms with Gasteiger partial charge in [0.25, 0.3) is 0 Å². The number of para-hydroxylation sites is 2. The lowest BCUT2D eigenvalue weighted by atomic mass is 10.1. The highest BCUT2D eigenvalue weighted by molar-refractivity contribution is 5.77. The highest BCUT2D eigenvalue weighted by Crippen LogP contribution is 2.16. The van der Waals surface area contributed by atoms with Crippen LogP contribution in [-0.4, -0.2) is 29.0 Å². The summed E-state index contributed by atoms with van der Waals surface area (Å²) in [7, 11) is 3.85. The monoisotopic (exact) mass is 298 g/mol. The maximum Gasteiger partial charge on any atom is 0.201 e. The van der Waals surface area contributed by atoms with E-state index in [1.165, 1.54) is 0 Å². The van der Waals surface area contributed by atoms with Gasteiger partial charge < -0.3 is 15.2 Å². The summed E-state index contributed by atoms with van der Waals surface area (Å²) >= 11 is 0. The Bertz CT molecular complexity index is 746. The highest BCUT2D eigenvalue weighted by atomic mass is 19.1. The van der Waals surface area contributed by atoms with Crippen molar-refractivity contribution < 1.29 is 4.39 Å².